The van der Waals surface area contributed by atoms with Crippen molar-refractivity contribution in [1.29, 1.82) is 0 Å². The van der Waals surface area contributed by atoms with Crippen LogP contribution in [0.25, 0.3) is 0 Å². The standard InChI is InChI=1S/C22H18F4N2O4S2/c1-32-19-13-15(23)7-8-17(19)20(29)28-18-6-3-9-27-21(18)33-10-11-34(30,31)16-5-2-4-14(12-16)22(24,25)26/h2-9,12-13H,10-11H2,1H3,(H,28,29). The van der Waals surface area contributed by atoms with Gasteiger partial charge in [0.05, 0.1) is 34.6 Å². The van der Waals surface area contributed by atoms with Crippen LogP contribution in [-0.4, -0.2) is 37.9 Å². The number of nitrogens with zero attached hydrogens (tertiary/aromatic N) is 1. The van der Waals surface area contributed by atoms with Gasteiger partial charge in [-0.05, 0) is 42.5 Å². The lowest BCUT2D eigenvalue weighted by atomic mass is 10.2. The van der Waals surface area contributed by atoms with Crippen LogP contribution < -0.4 is 10.1 Å². The number of sulfone groups is 1. The molecular weight excluding hydrogens is 496 g/mol. The van der Waals surface area contributed by atoms with Gasteiger partial charge in [-0.15, -0.1) is 11.8 Å². The SMILES string of the molecule is COc1cc(F)ccc1C(=O)Nc1cccnc1SCCS(=O)(=O)c1cccc(C(F)(F)F)c1. The fraction of sp³-hybridized carbons (Fsp3) is 0.182. The molecule has 3 rings (SSSR count). The molecule has 0 aliphatic rings. The molecule has 0 aliphatic heterocycles. The van der Waals surface area contributed by atoms with Crippen LogP contribution in [-0.2, 0) is 16.0 Å². The molecule has 2 aromatic carbocycles. The molecule has 0 atom stereocenters. The molecule has 0 saturated heterocycles. The summed E-state index contributed by atoms with van der Waals surface area (Å²) in [7, 11) is -2.70. The number of anilines is 1. The third-order valence-electron chi connectivity index (χ3n) is 4.54. The van der Waals surface area contributed by atoms with Crippen LogP contribution in [0.2, 0.25) is 0 Å². The van der Waals surface area contributed by atoms with Crippen molar-refractivity contribution in [2.45, 2.75) is 16.1 Å². The average molecular weight is 515 g/mol. The maximum Gasteiger partial charge on any atom is 0.416 e. The van der Waals surface area contributed by atoms with Crippen LogP contribution in [0.3, 0.4) is 0 Å². The van der Waals surface area contributed by atoms with E-state index >= 15 is 0 Å². The zero-order chi connectivity index (χ0) is 24.9. The first kappa shape index (κ1) is 25.5. The van der Waals surface area contributed by atoms with Crippen molar-refractivity contribution < 1.29 is 35.5 Å². The second-order valence-corrected chi connectivity index (χ2v) is 10.0. The van der Waals surface area contributed by atoms with Crippen molar-refractivity contribution >= 4 is 33.2 Å². The first-order valence-electron chi connectivity index (χ1n) is 9.64. The molecule has 1 amide bonds. The highest BCUT2D eigenvalue weighted by Crippen LogP contribution is 2.31. The molecule has 12 heteroatoms. The van der Waals surface area contributed by atoms with Gasteiger partial charge in [-0.25, -0.2) is 17.8 Å². The molecule has 3 aromatic rings. The number of benzene rings is 2. The number of carbonyl (C=O) groups is 1. The molecule has 1 N–H and O–H groups in total. The minimum atomic E-state index is -4.66. The second-order valence-electron chi connectivity index (χ2n) is 6.85. The number of halogens is 4. The number of hydrogen-bond donors (Lipinski definition) is 1. The number of aromatic nitrogens is 1. The number of methoxy groups -OCH3 is 1. The van der Waals surface area contributed by atoms with Crippen LogP contribution in [0, 0.1) is 5.82 Å². The van der Waals surface area contributed by atoms with E-state index in [1.54, 1.807) is 12.1 Å². The van der Waals surface area contributed by atoms with Gasteiger partial charge in [-0.1, -0.05) is 6.07 Å². The van der Waals surface area contributed by atoms with Gasteiger partial charge in [0.2, 0.25) is 0 Å². The lowest BCUT2D eigenvalue weighted by molar-refractivity contribution is -0.137. The first-order chi connectivity index (χ1) is 16.0. The number of amides is 1. The summed E-state index contributed by atoms with van der Waals surface area (Å²) in [5.41, 5.74) is -0.691. The van der Waals surface area contributed by atoms with E-state index in [0.29, 0.717) is 11.1 Å². The Morgan fingerprint density at radius 2 is 1.88 bits per heavy atom. The van der Waals surface area contributed by atoms with Gasteiger partial charge in [0.15, 0.2) is 9.84 Å². The highest BCUT2D eigenvalue weighted by Gasteiger charge is 2.31. The highest BCUT2D eigenvalue weighted by atomic mass is 32.2. The molecule has 0 fully saturated rings. The quantitative estimate of drug-likeness (QED) is 0.334. The molecule has 0 radical (unpaired) electrons. The molecule has 6 nitrogen and oxygen atoms in total. The number of hydrogen-bond acceptors (Lipinski definition) is 6. The van der Waals surface area contributed by atoms with Gasteiger partial charge in [0, 0.05) is 18.0 Å². The highest BCUT2D eigenvalue weighted by molar-refractivity contribution is 8.00. The number of thioether (sulfide) groups is 1. The predicted octanol–water partition coefficient (Wildman–Crippen LogP) is 5.07. The van der Waals surface area contributed by atoms with E-state index in [0.717, 1.165) is 42.1 Å². The minimum absolute atomic E-state index is 0.0294. The lowest BCUT2D eigenvalue weighted by Crippen LogP contribution is -2.15. The summed E-state index contributed by atoms with van der Waals surface area (Å²) >= 11 is 1.01. The van der Waals surface area contributed by atoms with Gasteiger partial charge in [0.1, 0.15) is 16.6 Å². The fourth-order valence-electron chi connectivity index (χ4n) is 2.88. The molecule has 0 unspecified atom stereocenters. The predicted molar refractivity (Wildman–Crippen MR) is 119 cm³/mol. The summed E-state index contributed by atoms with van der Waals surface area (Å²) in [6.45, 7) is 0. The summed E-state index contributed by atoms with van der Waals surface area (Å²) in [5, 5.41) is 2.93. The van der Waals surface area contributed by atoms with Crippen molar-refractivity contribution in [2.75, 3.05) is 23.9 Å². The molecule has 0 aliphatic carbocycles. The van der Waals surface area contributed by atoms with Crippen LogP contribution in [0.15, 0.2) is 70.7 Å². The second kappa shape index (κ2) is 10.4. The summed E-state index contributed by atoms with van der Waals surface area (Å²) < 4.78 is 82.2. The largest absolute Gasteiger partial charge is 0.496 e. The van der Waals surface area contributed by atoms with Crippen molar-refractivity contribution in [3.8, 4) is 5.75 Å². The molecule has 34 heavy (non-hydrogen) atoms. The van der Waals surface area contributed by atoms with E-state index in [4.69, 9.17) is 4.74 Å². The van der Waals surface area contributed by atoms with E-state index in [9.17, 15) is 30.8 Å². The Hall–Kier alpha value is -3.12. The third kappa shape index (κ3) is 6.26. The number of ether oxygens (including phenoxy) is 1. The number of alkyl halides is 3. The lowest BCUT2D eigenvalue weighted by Gasteiger charge is -2.12. The average Bonchev–Trinajstić information content (AvgIpc) is 2.79. The van der Waals surface area contributed by atoms with Gasteiger partial charge >= 0.3 is 6.18 Å². The Morgan fingerprint density at radius 1 is 1.12 bits per heavy atom. The molecular formula is C22H18F4N2O4S2. The molecule has 1 aromatic heterocycles. The Bertz CT molecular complexity index is 1300. The monoisotopic (exact) mass is 514 g/mol. The summed E-state index contributed by atoms with van der Waals surface area (Å²) in [4.78, 5) is 16.4. The maximum atomic E-state index is 13.4. The molecule has 180 valence electrons. The Morgan fingerprint density at radius 3 is 2.59 bits per heavy atom. The Balaban J connectivity index is 1.71. The number of pyridine rings is 1. The number of carbonyl (C=O) groups excluding carboxylic acids is 1. The number of nitrogens with one attached hydrogen (secondary N) is 1. The zero-order valence-corrected chi connectivity index (χ0v) is 19.2. The van der Waals surface area contributed by atoms with Crippen molar-refractivity contribution in [2.24, 2.45) is 0 Å². The van der Waals surface area contributed by atoms with E-state index < -0.39 is 43.9 Å². The normalized spacial score (nSPS) is 11.8. The molecule has 1 heterocycles. The molecule has 0 saturated carbocycles. The van der Waals surface area contributed by atoms with Crippen molar-refractivity contribution in [3.05, 3.63) is 77.7 Å². The number of rotatable bonds is 8. The Kier molecular flexibility index (Phi) is 7.82. The van der Waals surface area contributed by atoms with Crippen LogP contribution >= 0.6 is 11.8 Å². The van der Waals surface area contributed by atoms with E-state index in [1.807, 2.05) is 0 Å². The van der Waals surface area contributed by atoms with Gasteiger partial charge in [-0.3, -0.25) is 4.79 Å². The van der Waals surface area contributed by atoms with Crippen molar-refractivity contribution in [1.82, 2.24) is 4.98 Å². The van der Waals surface area contributed by atoms with Gasteiger partial charge < -0.3 is 10.1 Å². The summed E-state index contributed by atoms with van der Waals surface area (Å²) in [6.07, 6.45) is -3.22. The fourth-order valence-corrected chi connectivity index (χ4v) is 5.52. The Labute approximate surface area is 197 Å². The molecule has 0 spiro atoms. The smallest absolute Gasteiger partial charge is 0.416 e. The maximum absolute atomic E-state index is 13.4. The zero-order valence-electron chi connectivity index (χ0n) is 17.6. The first-order valence-corrected chi connectivity index (χ1v) is 12.3. The minimum Gasteiger partial charge on any atom is -0.496 e. The van der Waals surface area contributed by atoms with Crippen LogP contribution in [0.1, 0.15) is 15.9 Å². The summed E-state index contributed by atoms with van der Waals surface area (Å²) in [6, 6.07) is 10.1. The summed E-state index contributed by atoms with van der Waals surface area (Å²) in [5.74, 6) is -1.62. The van der Waals surface area contributed by atoms with Gasteiger partial charge in [0.25, 0.3) is 5.91 Å². The van der Waals surface area contributed by atoms with E-state index in [1.165, 1.54) is 19.4 Å². The third-order valence-corrected chi connectivity index (χ3v) is 7.52. The van der Waals surface area contributed by atoms with Crippen molar-refractivity contribution in [3.63, 3.8) is 0 Å². The van der Waals surface area contributed by atoms with E-state index in [-0.39, 0.29) is 22.8 Å². The van der Waals surface area contributed by atoms with E-state index in [2.05, 4.69) is 10.3 Å². The molecule has 0 bridgehead atoms. The van der Waals surface area contributed by atoms with Crippen LogP contribution in [0.5, 0.6) is 5.75 Å². The topological polar surface area (TPSA) is 85.4 Å². The van der Waals surface area contributed by atoms with Crippen LogP contribution in [0.4, 0.5) is 23.2 Å². The van der Waals surface area contributed by atoms with Gasteiger partial charge in [-0.2, -0.15) is 13.2 Å².